The Labute approximate surface area is 397 Å². The second-order valence-corrected chi connectivity index (χ2v) is 20.5. The summed E-state index contributed by atoms with van der Waals surface area (Å²) in [5.41, 5.74) is 9.53. The van der Waals surface area contributed by atoms with Crippen molar-refractivity contribution in [1.29, 1.82) is 0 Å². The fourth-order valence-corrected chi connectivity index (χ4v) is 11.2. The number of amides is 3. The van der Waals surface area contributed by atoms with Gasteiger partial charge in [-0.1, -0.05) is 64.1 Å². The first-order chi connectivity index (χ1) is 32.2. The van der Waals surface area contributed by atoms with Crippen molar-refractivity contribution < 1.29 is 33.4 Å². The SMILES string of the molecule is CCn1c(-c2cccnc2[C@H](C)OC)c2c3cc(ccc31)-c1csc(n1)C[C@H](NC(=O)[C@H](C(C)C)N(C)C(=O)[C@H]1OCC[C@H]1c1ccccc1)C(=O)N1CCC[C@](C=O)(COCC(C)(C)C2)N1. The zero-order valence-electron chi connectivity index (χ0n) is 40.0. The molecule has 67 heavy (non-hydrogen) atoms. The summed E-state index contributed by atoms with van der Waals surface area (Å²) >= 11 is 1.42. The summed E-state index contributed by atoms with van der Waals surface area (Å²) in [4.78, 5) is 68.2. The molecular weight excluding hydrogens is 867 g/mol. The number of rotatable bonds is 11. The first kappa shape index (κ1) is 48.1. The first-order valence-corrected chi connectivity index (χ1v) is 24.5. The molecule has 8 rings (SSSR count). The van der Waals surface area contributed by atoms with E-state index in [9.17, 15) is 19.2 Å². The number of ether oxygens (including phenoxy) is 3. The summed E-state index contributed by atoms with van der Waals surface area (Å²) in [5.74, 6) is -1.61. The van der Waals surface area contributed by atoms with E-state index < -0.39 is 41.0 Å². The Morgan fingerprint density at radius 3 is 2.63 bits per heavy atom. The van der Waals surface area contributed by atoms with Gasteiger partial charge in [-0.3, -0.25) is 24.4 Å². The maximum atomic E-state index is 14.8. The second kappa shape index (κ2) is 20.1. The number of carbonyl (C=O) groups excluding carboxylic acids is 4. The summed E-state index contributed by atoms with van der Waals surface area (Å²) in [6, 6.07) is 18.4. The highest BCUT2D eigenvalue weighted by molar-refractivity contribution is 7.10. The number of hydrogen-bond donors (Lipinski definition) is 2. The first-order valence-electron chi connectivity index (χ1n) is 23.6. The van der Waals surface area contributed by atoms with Gasteiger partial charge in [0, 0.05) is 79.8 Å². The maximum Gasteiger partial charge on any atom is 0.259 e. The van der Waals surface area contributed by atoms with Crippen LogP contribution in [0.2, 0.25) is 0 Å². The van der Waals surface area contributed by atoms with E-state index >= 15 is 0 Å². The molecule has 3 amide bonds. The number of aromatic nitrogens is 3. The smallest absolute Gasteiger partial charge is 0.259 e. The number of nitrogens with one attached hydrogen (secondary N) is 2. The van der Waals surface area contributed by atoms with Gasteiger partial charge in [-0.15, -0.1) is 11.3 Å². The number of likely N-dealkylation sites (N-methyl/N-ethyl adjacent to an activating group) is 1. The molecule has 2 aromatic carbocycles. The van der Waals surface area contributed by atoms with E-state index in [0.717, 1.165) is 56.5 Å². The van der Waals surface area contributed by atoms with E-state index in [1.54, 1.807) is 20.4 Å². The van der Waals surface area contributed by atoms with Crippen molar-refractivity contribution in [3.05, 3.63) is 94.1 Å². The molecular formula is C52H65N7O7S. The normalized spacial score (nSPS) is 23.1. The number of carbonyl (C=O) groups is 4. The molecule has 6 atom stereocenters. The summed E-state index contributed by atoms with van der Waals surface area (Å²) in [7, 11) is 3.33. The van der Waals surface area contributed by atoms with E-state index in [1.165, 1.54) is 21.2 Å². The number of hydrazine groups is 1. The molecule has 15 heteroatoms. The summed E-state index contributed by atoms with van der Waals surface area (Å²) in [6.45, 7) is 14.1. The van der Waals surface area contributed by atoms with Crippen LogP contribution < -0.4 is 10.7 Å². The molecule has 2 saturated heterocycles. The molecule has 0 radical (unpaired) electrons. The minimum atomic E-state index is -1.18. The average Bonchev–Trinajstić information content (AvgIpc) is 4.08. The molecule has 3 aromatic heterocycles. The molecule has 0 unspecified atom stereocenters. The number of hydrogen-bond acceptors (Lipinski definition) is 11. The van der Waals surface area contributed by atoms with E-state index in [0.29, 0.717) is 57.0 Å². The van der Waals surface area contributed by atoms with Crippen molar-refractivity contribution >= 4 is 46.2 Å². The topological polar surface area (TPSA) is 157 Å². The standard InChI is InChI=1S/C52H65N7O7S/c1-9-58-42-19-18-35-25-38(42)39(46(58)37-17-13-22-53-44(37)33(4)64-8)27-51(5,6)30-65-31-52(29-60)21-14-23-59(56-52)49(62)40(26-43-54-41(35)28-67-43)55-48(61)45(32(2)3)57(7)50(63)47-36(20-24-66-47)34-15-11-10-12-16-34/h10-13,15-19,22,25,28-29,32-33,36,40,45,47,56H,9,14,20-21,23-24,26-27,30-31H2,1-8H3,(H,55,61)/t33-,36-,40-,45-,47-,52-/m0/s1. The predicted molar refractivity (Wildman–Crippen MR) is 259 cm³/mol. The van der Waals surface area contributed by atoms with Gasteiger partial charge in [-0.25, -0.2) is 10.4 Å². The van der Waals surface area contributed by atoms with Crippen LogP contribution in [-0.4, -0.2) is 113 Å². The number of thiazole rings is 1. The van der Waals surface area contributed by atoms with Gasteiger partial charge in [0.25, 0.3) is 11.8 Å². The Balaban J connectivity index is 1.17. The molecule has 5 aromatic rings. The van der Waals surface area contributed by atoms with Crippen LogP contribution in [0.1, 0.15) is 94.7 Å². The third-order valence-electron chi connectivity index (χ3n) is 13.7. The van der Waals surface area contributed by atoms with Crippen LogP contribution in [0.5, 0.6) is 0 Å². The van der Waals surface area contributed by atoms with Crippen LogP contribution in [0, 0.1) is 11.3 Å². The number of fused-ring (bicyclic) bond motifs is 6. The lowest BCUT2D eigenvalue weighted by Gasteiger charge is -2.42. The molecule has 0 aliphatic carbocycles. The van der Waals surface area contributed by atoms with Crippen LogP contribution in [0.25, 0.3) is 33.4 Å². The fourth-order valence-electron chi connectivity index (χ4n) is 10.3. The van der Waals surface area contributed by atoms with Crippen LogP contribution >= 0.6 is 11.3 Å². The van der Waals surface area contributed by atoms with Crippen LogP contribution in [0.4, 0.5) is 0 Å². The molecule has 0 saturated carbocycles. The molecule has 3 aliphatic rings. The zero-order valence-corrected chi connectivity index (χ0v) is 40.9. The van der Waals surface area contributed by atoms with Crippen molar-refractivity contribution in [2.24, 2.45) is 11.3 Å². The molecule has 2 fully saturated rings. The Hall–Kier alpha value is -5.32. The lowest BCUT2D eigenvalue weighted by atomic mass is 9.84. The Kier molecular flexibility index (Phi) is 14.4. The minimum absolute atomic E-state index is 0.0396. The molecule has 0 spiro atoms. The van der Waals surface area contributed by atoms with Gasteiger partial charge in [0.05, 0.1) is 41.4 Å². The van der Waals surface area contributed by atoms with Crippen LogP contribution in [-0.2, 0) is 52.8 Å². The summed E-state index contributed by atoms with van der Waals surface area (Å²) < 4.78 is 20.7. The monoisotopic (exact) mass is 931 g/mol. The second-order valence-electron chi connectivity index (χ2n) is 19.6. The number of methoxy groups -OCH3 is 1. The van der Waals surface area contributed by atoms with Crippen LogP contribution in [0.3, 0.4) is 0 Å². The molecule has 6 bridgehead atoms. The Morgan fingerprint density at radius 1 is 1.10 bits per heavy atom. The van der Waals surface area contributed by atoms with Gasteiger partial charge in [0.15, 0.2) is 0 Å². The van der Waals surface area contributed by atoms with Gasteiger partial charge in [-0.05, 0) is 86.3 Å². The van der Waals surface area contributed by atoms with E-state index in [2.05, 4.69) is 60.3 Å². The maximum absolute atomic E-state index is 14.8. The van der Waals surface area contributed by atoms with Crippen molar-refractivity contribution in [1.82, 2.24) is 35.2 Å². The highest BCUT2D eigenvalue weighted by Gasteiger charge is 2.43. The molecule has 14 nitrogen and oxygen atoms in total. The van der Waals surface area contributed by atoms with Crippen molar-refractivity contribution in [3.63, 3.8) is 0 Å². The van der Waals surface area contributed by atoms with E-state index in [4.69, 9.17) is 24.2 Å². The van der Waals surface area contributed by atoms with Crippen molar-refractivity contribution in [3.8, 4) is 22.5 Å². The van der Waals surface area contributed by atoms with Gasteiger partial charge < -0.3 is 33.8 Å². The molecule has 2 N–H and O–H groups in total. The number of nitrogens with zero attached hydrogens (tertiary/aromatic N) is 5. The predicted octanol–water partition coefficient (Wildman–Crippen LogP) is 7.30. The number of benzene rings is 2. The van der Waals surface area contributed by atoms with E-state index in [-0.39, 0.29) is 36.9 Å². The Bertz CT molecular complexity index is 2590. The largest absolute Gasteiger partial charge is 0.378 e. The lowest BCUT2D eigenvalue weighted by Crippen LogP contribution is -2.66. The molecule has 3 aliphatic heterocycles. The van der Waals surface area contributed by atoms with Gasteiger partial charge in [0.2, 0.25) is 5.91 Å². The quantitative estimate of drug-likeness (QED) is 0.129. The number of pyridine rings is 1. The zero-order chi connectivity index (χ0) is 47.6. The third kappa shape index (κ3) is 9.85. The Morgan fingerprint density at radius 2 is 1.90 bits per heavy atom. The molecule has 6 heterocycles. The van der Waals surface area contributed by atoms with Gasteiger partial charge in [-0.2, -0.15) is 0 Å². The number of aryl methyl sites for hydroxylation is 1. The summed E-state index contributed by atoms with van der Waals surface area (Å²) in [6.07, 6.45) is 4.09. The highest BCUT2D eigenvalue weighted by Crippen LogP contribution is 2.42. The van der Waals surface area contributed by atoms with E-state index in [1.807, 2.05) is 62.5 Å². The van der Waals surface area contributed by atoms with Gasteiger partial charge in [0.1, 0.15) is 30.0 Å². The fraction of sp³-hybridized carbons (Fsp3) is 0.500. The highest BCUT2D eigenvalue weighted by atomic mass is 32.1. The van der Waals surface area contributed by atoms with Crippen molar-refractivity contribution in [2.45, 2.75) is 116 Å². The molecule has 356 valence electrons. The third-order valence-corrected chi connectivity index (χ3v) is 14.6. The van der Waals surface area contributed by atoms with Crippen molar-refractivity contribution in [2.75, 3.05) is 40.5 Å². The average molecular weight is 932 g/mol. The summed E-state index contributed by atoms with van der Waals surface area (Å²) in [5, 5.41) is 8.26. The van der Waals surface area contributed by atoms with Gasteiger partial charge >= 0.3 is 0 Å². The minimum Gasteiger partial charge on any atom is -0.378 e. The van der Waals surface area contributed by atoms with Crippen LogP contribution in [0.15, 0.2) is 72.2 Å². The number of aldehydes is 1. The lowest BCUT2D eigenvalue weighted by molar-refractivity contribution is -0.150.